The second-order valence-corrected chi connectivity index (χ2v) is 4.61. The van der Waals surface area contributed by atoms with Gasteiger partial charge in [0.1, 0.15) is 0 Å². The summed E-state index contributed by atoms with van der Waals surface area (Å²) in [7, 11) is 0. The summed E-state index contributed by atoms with van der Waals surface area (Å²) in [4.78, 5) is 11.7. The average molecular weight is 274 g/mol. The minimum absolute atomic E-state index is 0.0234. The lowest BCUT2D eigenvalue weighted by atomic mass is 9.99. The second kappa shape index (κ2) is 5.61. The fourth-order valence-electron chi connectivity index (χ4n) is 1.49. The van der Waals surface area contributed by atoms with Crippen LogP contribution >= 0.6 is 0 Å². The number of nitrogens with two attached hydrogens (primary N) is 1. The van der Waals surface area contributed by atoms with Crippen molar-refractivity contribution in [3.63, 3.8) is 0 Å². The van der Waals surface area contributed by atoms with Crippen LogP contribution in [0.4, 0.5) is 13.2 Å². The summed E-state index contributed by atoms with van der Waals surface area (Å²) in [5, 5.41) is 2.44. The normalized spacial score (nSPS) is 14.8. The van der Waals surface area contributed by atoms with Crippen LogP contribution in [0, 0.1) is 0 Å². The van der Waals surface area contributed by atoms with Gasteiger partial charge in [-0.2, -0.15) is 13.2 Å². The van der Waals surface area contributed by atoms with Crippen LogP contribution in [0.3, 0.4) is 0 Å². The zero-order chi connectivity index (χ0) is 14.7. The largest absolute Gasteiger partial charge is 0.416 e. The third-order valence-electron chi connectivity index (χ3n) is 3.02. The van der Waals surface area contributed by atoms with Gasteiger partial charge < -0.3 is 11.1 Å². The van der Waals surface area contributed by atoms with E-state index < -0.39 is 23.2 Å². The molecule has 0 radical (unpaired) electrons. The van der Waals surface area contributed by atoms with Crippen LogP contribution in [0.15, 0.2) is 24.3 Å². The number of benzene rings is 1. The van der Waals surface area contributed by atoms with Crippen molar-refractivity contribution in [3.8, 4) is 0 Å². The molecule has 0 aliphatic carbocycles. The Labute approximate surface area is 110 Å². The predicted molar refractivity (Wildman–Crippen MR) is 66.2 cm³/mol. The van der Waals surface area contributed by atoms with Crippen LogP contribution in [0.25, 0.3) is 0 Å². The van der Waals surface area contributed by atoms with Gasteiger partial charge in [-0.1, -0.05) is 25.1 Å². The maximum Gasteiger partial charge on any atom is 0.416 e. The van der Waals surface area contributed by atoms with Gasteiger partial charge in [-0.15, -0.1) is 0 Å². The quantitative estimate of drug-likeness (QED) is 0.886. The lowest BCUT2D eigenvalue weighted by molar-refractivity contribution is -0.138. The summed E-state index contributed by atoms with van der Waals surface area (Å²) in [6.07, 6.45) is -4.03. The van der Waals surface area contributed by atoms with Crippen LogP contribution in [-0.4, -0.2) is 11.4 Å². The molecular weight excluding hydrogens is 257 g/mol. The van der Waals surface area contributed by atoms with Gasteiger partial charge in [0.25, 0.3) is 0 Å². The van der Waals surface area contributed by atoms with Crippen LogP contribution in [0.2, 0.25) is 0 Å². The molecule has 0 fully saturated rings. The molecule has 0 aliphatic heterocycles. The number of nitrogens with one attached hydrogen (secondary N) is 1. The number of carbonyl (C=O) groups is 1. The van der Waals surface area contributed by atoms with E-state index in [-0.39, 0.29) is 12.1 Å². The van der Waals surface area contributed by atoms with E-state index in [0.29, 0.717) is 6.42 Å². The van der Waals surface area contributed by atoms with Crippen LogP contribution in [-0.2, 0) is 17.5 Å². The van der Waals surface area contributed by atoms with Crippen LogP contribution in [0.1, 0.15) is 31.4 Å². The van der Waals surface area contributed by atoms with Crippen LogP contribution in [0.5, 0.6) is 0 Å². The molecule has 1 atom stereocenters. The molecule has 3 N–H and O–H groups in total. The molecule has 1 unspecified atom stereocenters. The number of halogens is 3. The monoisotopic (exact) mass is 274 g/mol. The Balaban J connectivity index is 2.82. The molecule has 0 bridgehead atoms. The third kappa shape index (κ3) is 3.96. The van der Waals surface area contributed by atoms with E-state index in [2.05, 4.69) is 5.32 Å². The van der Waals surface area contributed by atoms with Gasteiger partial charge >= 0.3 is 6.18 Å². The lowest BCUT2D eigenvalue weighted by Crippen LogP contribution is -2.50. The molecule has 0 aromatic heterocycles. The van der Waals surface area contributed by atoms with E-state index in [1.807, 2.05) is 0 Å². The number of rotatable bonds is 4. The fraction of sp³-hybridized carbons (Fsp3) is 0.462. The van der Waals surface area contributed by atoms with Gasteiger partial charge in [0, 0.05) is 6.54 Å². The van der Waals surface area contributed by atoms with E-state index in [9.17, 15) is 18.0 Å². The van der Waals surface area contributed by atoms with Crippen molar-refractivity contribution in [2.75, 3.05) is 0 Å². The summed E-state index contributed by atoms with van der Waals surface area (Å²) in [6, 6.07) is 5.14. The molecular formula is C13H17F3N2O. The zero-order valence-electron chi connectivity index (χ0n) is 10.8. The molecule has 3 nitrogen and oxygen atoms in total. The van der Waals surface area contributed by atoms with Gasteiger partial charge in [-0.05, 0) is 25.0 Å². The van der Waals surface area contributed by atoms with Crippen molar-refractivity contribution in [2.45, 2.75) is 38.5 Å². The number of carbonyl (C=O) groups excluding carboxylic acids is 1. The smallest absolute Gasteiger partial charge is 0.350 e. The Morgan fingerprint density at radius 1 is 1.32 bits per heavy atom. The van der Waals surface area contributed by atoms with Gasteiger partial charge in [-0.25, -0.2) is 0 Å². The van der Waals surface area contributed by atoms with E-state index in [1.54, 1.807) is 6.92 Å². The van der Waals surface area contributed by atoms with Crippen LogP contribution < -0.4 is 11.1 Å². The van der Waals surface area contributed by atoms with E-state index in [1.165, 1.54) is 25.1 Å². The second-order valence-electron chi connectivity index (χ2n) is 4.61. The van der Waals surface area contributed by atoms with Gasteiger partial charge in [0.2, 0.25) is 5.91 Å². The summed E-state index contributed by atoms with van der Waals surface area (Å²) >= 11 is 0. The maximum absolute atomic E-state index is 12.7. The number of alkyl halides is 3. The maximum atomic E-state index is 12.7. The molecule has 1 rings (SSSR count). The van der Waals surface area contributed by atoms with Crippen molar-refractivity contribution in [1.82, 2.24) is 5.32 Å². The molecule has 1 aromatic rings. The first-order chi connectivity index (χ1) is 8.68. The van der Waals surface area contributed by atoms with Crippen molar-refractivity contribution >= 4 is 5.91 Å². The lowest BCUT2D eigenvalue weighted by Gasteiger charge is -2.22. The molecule has 0 spiro atoms. The highest BCUT2D eigenvalue weighted by molar-refractivity contribution is 5.85. The van der Waals surface area contributed by atoms with E-state index >= 15 is 0 Å². The molecule has 1 aromatic carbocycles. The minimum atomic E-state index is -4.43. The minimum Gasteiger partial charge on any atom is -0.350 e. The Morgan fingerprint density at radius 2 is 1.89 bits per heavy atom. The summed E-state index contributed by atoms with van der Waals surface area (Å²) in [5.41, 5.74) is 3.92. The zero-order valence-corrected chi connectivity index (χ0v) is 10.8. The van der Waals surface area contributed by atoms with Gasteiger partial charge in [0.05, 0.1) is 11.1 Å². The first kappa shape index (κ1) is 15.5. The first-order valence-electron chi connectivity index (χ1n) is 5.90. The highest BCUT2D eigenvalue weighted by atomic mass is 19.4. The number of amides is 1. The standard InChI is InChI=1S/C13H17F3N2O/c1-3-12(2,17)11(19)18-8-9-6-4-5-7-10(9)13(14,15)16/h4-7H,3,8,17H2,1-2H3,(H,18,19). The van der Waals surface area contributed by atoms with E-state index in [4.69, 9.17) is 5.73 Å². The Morgan fingerprint density at radius 3 is 2.42 bits per heavy atom. The third-order valence-corrected chi connectivity index (χ3v) is 3.02. The molecule has 19 heavy (non-hydrogen) atoms. The SMILES string of the molecule is CCC(C)(N)C(=O)NCc1ccccc1C(F)(F)F. The topological polar surface area (TPSA) is 55.1 Å². The fourth-order valence-corrected chi connectivity index (χ4v) is 1.49. The molecule has 106 valence electrons. The average Bonchev–Trinajstić information content (AvgIpc) is 2.35. The van der Waals surface area contributed by atoms with Crippen molar-refractivity contribution in [3.05, 3.63) is 35.4 Å². The highest BCUT2D eigenvalue weighted by Crippen LogP contribution is 2.31. The molecule has 0 saturated heterocycles. The first-order valence-corrected chi connectivity index (χ1v) is 5.90. The van der Waals surface area contributed by atoms with Crippen molar-refractivity contribution in [2.24, 2.45) is 5.73 Å². The molecule has 0 heterocycles. The Kier molecular flexibility index (Phi) is 4.57. The van der Waals surface area contributed by atoms with Gasteiger partial charge in [-0.3, -0.25) is 4.79 Å². The number of hydrogen-bond acceptors (Lipinski definition) is 2. The summed E-state index contributed by atoms with van der Waals surface area (Å²) < 4.78 is 38.2. The predicted octanol–water partition coefficient (Wildman–Crippen LogP) is 2.45. The molecule has 1 amide bonds. The van der Waals surface area contributed by atoms with Crippen molar-refractivity contribution < 1.29 is 18.0 Å². The summed E-state index contributed by atoms with van der Waals surface area (Å²) in [5.74, 6) is -0.466. The van der Waals surface area contributed by atoms with E-state index in [0.717, 1.165) is 6.07 Å². The molecule has 6 heteroatoms. The van der Waals surface area contributed by atoms with Crippen molar-refractivity contribution in [1.29, 1.82) is 0 Å². The highest BCUT2D eigenvalue weighted by Gasteiger charge is 2.33. The molecule has 0 aliphatic rings. The van der Waals surface area contributed by atoms with Gasteiger partial charge in [0.15, 0.2) is 0 Å². The summed E-state index contributed by atoms with van der Waals surface area (Å²) in [6.45, 7) is 3.09. The Hall–Kier alpha value is -1.56. The Bertz CT molecular complexity index is 455. The number of hydrogen-bond donors (Lipinski definition) is 2. The molecule has 0 saturated carbocycles.